The van der Waals surface area contributed by atoms with Crippen LogP contribution in [0.25, 0.3) is 11.3 Å². The van der Waals surface area contributed by atoms with Crippen molar-refractivity contribution < 1.29 is 4.21 Å². The van der Waals surface area contributed by atoms with E-state index in [9.17, 15) is 4.21 Å². The smallest absolute Gasteiger partial charge is 0.222 e. The van der Waals surface area contributed by atoms with Crippen molar-refractivity contribution in [2.75, 3.05) is 23.3 Å². The van der Waals surface area contributed by atoms with Crippen LogP contribution in [0.4, 0.5) is 17.5 Å². The Kier molecular flexibility index (Phi) is 7.87. The molecule has 0 amide bonds. The summed E-state index contributed by atoms with van der Waals surface area (Å²) in [5.41, 5.74) is 10.4. The SMILES string of the molecule is Cc1c(Cl)cccc1-c1cc(NCCc2cccc(/N=[SH](=O)\CC(C)C)c2)nc(N)n1. The van der Waals surface area contributed by atoms with Gasteiger partial charge in [-0.25, -0.2) is 9.35 Å². The highest BCUT2D eigenvalue weighted by Crippen LogP contribution is 2.28. The molecule has 0 saturated carbocycles. The third-order valence-electron chi connectivity index (χ3n) is 4.67. The molecule has 0 saturated heterocycles. The fourth-order valence-corrected chi connectivity index (χ4v) is 4.43. The Morgan fingerprint density at radius 1 is 1.16 bits per heavy atom. The molecule has 31 heavy (non-hydrogen) atoms. The Morgan fingerprint density at radius 3 is 2.71 bits per heavy atom. The van der Waals surface area contributed by atoms with Gasteiger partial charge in [0.05, 0.1) is 11.4 Å². The third-order valence-corrected chi connectivity index (χ3v) is 6.57. The summed E-state index contributed by atoms with van der Waals surface area (Å²) in [6.07, 6.45) is 0.764. The molecule has 0 spiro atoms. The predicted molar refractivity (Wildman–Crippen MR) is 132 cm³/mol. The van der Waals surface area contributed by atoms with Crippen LogP contribution >= 0.6 is 11.6 Å². The summed E-state index contributed by atoms with van der Waals surface area (Å²) in [5, 5.41) is 4.00. The minimum Gasteiger partial charge on any atom is -0.370 e. The predicted octanol–water partition coefficient (Wildman–Crippen LogP) is 5.29. The number of hydrogen-bond acceptors (Lipinski definition) is 6. The van der Waals surface area contributed by atoms with E-state index in [0.717, 1.165) is 34.5 Å². The second kappa shape index (κ2) is 10.6. The first kappa shape index (κ1) is 23.0. The molecule has 3 N–H and O–H groups in total. The minimum atomic E-state index is -1.57. The number of nitrogens with two attached hydrogens (primary N) is 1. The van der Waals surface area contributed by atoms with Gasteiger partial charge in [-0.15, -0.1) is 0 Å². The molecular weight excluding hydrogens is 430 g/mol. The monoisotopic (exact) mass is 457 g/mol. The lowest BCUT2D eigenvalue weighted by molar-refractivity contribution is 0.671. The van der Waals surface area contributed by atoms with Crippen LogP contribution in [0.1, 0.15) is 25.0 Å². The summed E-state index contributed by atoms with van der Waals surface area (Å²) in [7, 11) is -1.57. The minimum absolute atomic E-state index is 0.203. The van der Waals surface area contributed by atoms with Crippen LogP contribution in [0.2, 0.25) is 5.02 Å². The standard InChI is InChI=1S/C23H28ClN5OS/c1-15(2)14-31(30)29-18-7-4-6-17(12-18)10-11-26-22-13-21(27-23(25)28-22)19-8-5-9-20(24)16(19)3/h4-9,12-13,15,31H,10-11,14H2,1-3H3,(H3,25,26,27,28). The van der Waals surface area contributed by atoms with Gasteiger partial charge in [0.1, 0.15) is 5.82 Å². The highest BCUT2D eigenvalue weighted by molar-refractivity contribution is 7.75. The molecular formula is C23H28ClN5OS. The second-order valence-corrected chi connectivity index (χ2v) is 9.46. The Labute approximate surface area is 190 Å². The molecule has 1 atom stereocenters. The van der Waals surface area contributed by atoms with Crippen molar-refractivity contribution in [2.24, 2.45) is 10.3 Å². The molecule has 2 aromatic carbocycles. The lowest BCUT2D eigenvalue weighted by atomic mass is 10.1. The average molecular weight is 458 g/mol. The van der Waals surface area contributed by atoms with Gasteiger partial charge in [-0.2, -0.15) is 4.98 Å². The lowest BCUT2D eigenvalue weighted by Crippen LogP contribution is -2.08. The van der Waals surface area contributed by atoms with Gasteiger partial charge in [0, 0.05) is 39.5 Å². The highest BCUT2D eigenvalue weighted by atomic mass is 35.5. The summed E-state index contributed by atoms with van der Waals surface area (Å²) in [6.45, 7) is 6.70. The van der Waals surface area contributed by atoms with Gasteiger partial charge in [-0.1, -0.05) is 49.7 Å². The third kappa shape index (κ3) is 6.67. The summed E-state index contributed by atoms with van der Waals surface area (Å²) in [4.78, 5) is 8.65. The number of nitrogens with one attached hydrogen (secondary N) is 1. The molecule has 0 aliphatic heterocycles. The van der Waals surface area contributed by atoms with Crippen LogP contribution in [0.5, 0.6) is 0 Å². The van der Waals surface area contributed by atoms with Crippen molar-refractivity contribution in [1.29, 1.82) is 0 Å². The van der Waals surface area contributed by atoms with Crippen LogP contribution in [-0.2, 0) is 17.0 Å². The zero-order valence-electron chi connectivity index (χ0n) is 18.0. The fraction of sp³-hybridized carbons (Fsp3) is 0.304. The number of benzene rings is 2. The quantitative estimate of drug-likeness (QED) is 0.399. The Hall–Kier alpha value is -2.64. The van der Waals surface area contributed by atoms with Crippen LogP contribution < -0.4 is 11.1 Å². The summed E-state index contributed by atoms with van der Waals surface area (Å²) in [6, 6.07) is 15.4. The molecule has 3 aromatic rings. The number of halogens is 1. The number of nitrogens with zero attached hydrogens (tertiary/aromatic N) is 3. The van der Waals surface area contributed by atoms with Crippen molar-refractivity contribution in [1.82, 2.24) is 9.97 Å². The molecule has 1 heterocycles. The Bertz CT molecular complexity index is 1140. The van der Waals surface area contributed by atoms with E-state index >= 15 is 0 Å². The van der Waals surface area contributed by atoms with Crippen LogP contribution in [0.15, 0.2) is 52.9 Å². The van der Waals surface area contributed by atoms with Crippen molar-refractivity contribution in [3.8, 4) is 11.3 Å². The largest absolute Gasteiger partial charge is 0.370 e. The number of thiol groups is 1. The van der Waals surface area contributed by atoms with E-state index < -0.39 is 10.6 Å². The molecule has 6 nitrogen and oxygen atoms in total. The number of hydrogen-bond donors (Lipinski definition) is 3. The van der Waals surface area contributed by atoms with Crippen LogP contribution in [0, 0.1) is 12.8 Å². The molecule has 0 radical (unpaired) electrons. The van der Waals surface area contributed by atoms with Gasteiger partial charge in [0.2, 0.25) is 5.95 Å². The summed E-state index contributed by atoms with van der Waals surface area (Å²) in [5.74, 6) is 1.82. The fourth-order valence-electron chi connectivity index (χ4n) is 3.17. The Balaban J connectivity index is 1.69. The maximum Gasteiger partial charge on any atom is 0.222 e. The van der Waals surface area contributed by atoms with Gasteiger partial charge < -0.3 is 11.1 Å². The lowest BCUT2D eigenvalue weighted by Gasteiger charge is -2.11. The highest BCUT2D eigenvalue weighted by Gasteiger charge is 2.09. The average Bonchev–Trinajstić information content (AvgIpc) is 2.69. The zero-order chi connectivity index (χ0) is 22.4. The van der Waals surface area contributed by atoms with Gasteiger partial charge in [-0.3, -0.25) is 4.21 Å². The molecule has 1 unspecified atom stereocenters. The molecule has 164 valence electrons. The van der Waals surface area contributed by atoms with Crippen molar-refractivity contribution in [3.63, 3.8) is 0 Å². The van der Waals surface area contributed by atoms with Crippen molar-refractivity contribution in [3.05, 3.63) is 64.7 Å². The number of aromatic nitrogens is 2. The van der Waals surface area contributed by atoms with E-state index in [4.69, 9.17) is 17.3 Å². The first-order chi connectivity index (χ1) is 14.8. The molecule has 0 aliphatic carbocycles. The van der Waals surface area contributed by atoms with E-state index in [1.165, 1.54) is 0 Å². The summed E-state index contributed by atoms with van der Waals surface area (Å²) >= 11 is 6.25. The van der Waals surface area contributed by atoms with E-state index in [0.29, 0.717) is 29.1 Å². The molecule has 0 bridgehead atoms. The first-order valence-corrected chi connectivity index (χ1v) is 12.0. The topological polar surface area (TPSA) is 93.3 Å². The van der Waals surface area contributed by atoms with Gasteiger partial charge in [0.15, 0.2) is 0 Å². The first-order valence-electron chi connectivity index (χ1n) is 10.2. The van der Waals surface area contributed by atoms with Crippen molar-refractivity contribution >= 4 is 39.7 Å². The number of rotatable bonds is 8. The van der Waals surface area contributed by atoms with E-state index in [2.05, 4.69) is 19.6 Å². The van der Waals surface area contributed by atoms with E-state index in [-0.39, 0.29) is 5.95 Å². The van der Waals surface area contributed by atoms with E-state index in [1.54, 1.807) is 0 Å². The normalized spacial score (nSPS) is 12.3. The molecule has 0 fully saturated rings. The maximum atomic E-state index is 12.1. The number of nitrogen functional groups attached to an aromatic ring is 1. The molecule has 3 rings (SSSR count). The second-order valence-electron chi connectivity index (χ2n) is 7.78. The zero-order valence-corrected chi connectivity index (χ0v) is 19.6. The Morgan fingerprint density at radius 2 is 1.94 bits per heavy atom. The van der Waals surface area contributed by atoms with Crippen molar-refractivity contribution in [2.45, 2.75) is 27.2 Å². The van der Waals surface area contributed by atoms with E-state index in [1.807, 2.05) is 69.3 Å². The number of anilines is 2. The summed E-state index contributed by atoms with van der Waals surface area (Å²) < 4.78 is 16.4. The van der Waals surface area contributed by atoms with Gasteiger partial charge in [-0.05, 0) is 48.6 Å². The molecule has 1 aromatic heterocycles. The van der Waals surface area contributed by atoms with Gasteiger partial charge in [0.25, 0.3) is 0 Å². The molecule has 0 aliphatic rings. The molecule has 8 heteroatoms. The van der Waals surface area contributed by atoms with Crippen LogP contribution in [-0.4, -0.2) is 26.5 Å². The van der Waals surface area contributed by atoms with Gasteiger partial charge >= 0.3 is 0 Å². The van der Waals surface area contributed by atoms with Crippen LogP contribution in [0.3, 0.4) is 0 Å². The maximum absolute atomic E-state index is 12.1.